The summed E-state index contributed by atoms with van der Waals surface area (Å²) in [6.45, 7) is 4.92. The van der Waals surface area contributed by atoms with E-state index in [2.05, 4.69) is 46.3 Å². The van der Waals surface area contributed by atoms with Gasteiger partial charge in [-0.2, -0.15) is 5.10 Å². The van der Waals surface area contributed by atoms with Crippen LogP contribution in [-0.4, -0.2) is 71.0 Å². The normalized spacial score (nSPS) is 17.0. The van der Waals surface area contributed by atoms with Gasteiger partial charge >= 0.3 is 0 Å². The van der Waals surface area contributed by atoms with Crippen LogP contribution < -0.4 is 5.32 Å². The number of likely N-dealkylation sites (tertiary alicyclic amines) is 1. The molecule has 5 rings (SSSR count). The molecule has 4 heterocycles. The molecule has 0 spiro atoms. The number of hydrogen-bond donors (Lipinski definition) is 1. The van der Waals surface area contributed by atoms with Crippen LogP contribution in [0.5, 0.6) is 0 Å². The van der Waals surface area contributed by atoms with Crippen molar-refractivity contribution in [3.63, 3.8) is 0 Å². The van der Waals surface area contributed by atoms with Crippen molar-refractivity contribution in [3.8, 4) is 11.1 Å². The Hall–Kier alpha value is -4.13. The second-order valence-electron chi connectivity index (χ2n) is 9.89. The fourth-order valence-electron chi connectivity index (χ4n) is 4.66. The lowest BCUT2D eigenvalue weighted by Crippen LogP contribution is -2.44. The average Bonchev–Trinajstić information content (AvgIpc) is 3.49. The molecule has 0 bridgehead atoms. The van der Waals surface area contributed by atoms with Gasteiger partial charge in [-0.05, 0) is 33.6 Å². The van der Waals surface area contributed by atoms with Crippen LogP contribution in [-0.2, 0) is 16.1 Å². The molecule has 40 heavy (non-hydrogen) atoms. The molecule has 1 saturated heterocycles. The molecule has 13 heteroatoms. The minimum atomic E-state index is -1.36. The second-order valence-corrected chi connectivity index (χ2v) is 10.7. The van der Waals surface area contributed by atoms with Crippen molar-refractivity contribution in [2.75, 3.05) is 11.9 Å². The molecule has 1 aliphatic rings. The molecule has 4 aromatic rings. The van der Waals surface area contributed by atoms with E-state index >= 15 is 0 Å². The molecule has 3 aromatic heterocycles. The van der Waals surface area contributed by atoms with E-state index in [-0.39, 0.29) is 42.7 Å². The third-order valence-corrected chi connectivity index (χ3v) is 7.00. The number of carbonyl (C=O) groups excluding carboxylic acids is 3. The van der Waals surface area contributed by atoms with E-state index in [0.29, 0.717) is 15.5 Å². The van der Waals surface area contributed by atoms with E-state index in [4.69, 9.17) is 0 Å². The van der Waals surface area contributed by atoms with Crippen molar-refractivity contribution in [2.24, 2.45) is 0 Å². The Morgan fingerprint density at radius 3 is 2.55 bits per heavy atom. The first-order valence-corrected chi connectivity index (χ1v) is 13.5. The number of Topliss-reactive ketones (excluding diaryl/α,β-unsaturated/α-hetero) is 1. The zero-order valence-electron chi connectivity index (χ0n) is 22.0. The van der Waals surface area contributed by atoms with Gasteiger partial charge in [-0.15, -0.1) is 0 Å². The molecule has 0 radical (unpaired) electrons. The van der Waals surface area contributed by atoms with Crippen LogP contribution in [0.3, 0.4) is 0 Å². The summed E-state index contributed by atoms with van der Waals surface area (Å²) in [6.07, 6.45) is 4.78. The summed E-state index contributed by atoms with van der Waals surface area (Å²) in [4.78, 5) is 56.8. The van der Waals surface area contributed by atoms with E-state index in [1.54, 1.807) is 18.5 Å². The Kier molecular flexibility index (Phi) is 7.66. The molecule has 1 aliphatic heterocycles. The topological polar surface area (TPSA) is 136 Å². The van der Waals surface area contributed by atoms with Gasteiger partial charge in [0, 0.05) is 42.6 Å². The van der Waals surface area contributed by atoms with Crippen molar-refractivity contribution < 1.29 is 18.8 Å². The Morgan fingerprint density at radius 2 is 1.88 bits per heavy atom. The molecule has 2 atom stereocenters. The monoisotopic (exact) mass is 608 g/mol. The van der Waals surface area contributed by atoms with Crippen molar-refractivity contribution in [1.82, 2.24) is 34.6 Å². The highest BCUT2D eigenvalue weighted by Crippen LogP contribution is 2.28. The van der Waals surface area contributed by atoms with Gasteiger partial charge in [0.2, 0.25) is 11.8 Å². The number of benzene rings is 1. The highest BCUT2D eigenvalue weighted by atomic mass is 79.9. The summed E-state index contributed by atoms with van der Waals surface area (Å²) in [5.74, 6) is -0.224. The van der Waals surface area contributed by atoms with E-state index in [9.17, 15) is 18.8 Å². The number of halogens is 2. The molecular formula is C27H26BrFN8O3. The number of amides is 2. The fourth-order valence-corrected chi connectivity index (χ4v) is 4.97. The smallest absolute Gasteiger partial charge is 0.248 e. The van der Waals surface area contributed by atoms with Crippen molar-refractivity contribution in [1.29, 1.82) is 0 Å². The van der Waals surface area contributed by atoms with Crippen LogP contribution in [0.25, 0.3) is 22.0 Å². The van der Waals surface area contributed by atoms with Gasteiger partial charge in [0.05, 0.1) is 24.5 Å². The maximum absolute atomic E-state index is 14.4. The zero-order chi connectivity index (χ0) is 28.6. The second kappa shape index (κ2) is 11.2. The van der Waals surface area contributed by atoms with Gasteiger partial charge in [-0.25, -0.2) is 19.3 Å². The molecule has 206 valence electrons. The maximum Gasteiger partial charge on any atom is 0.248 e. The lowest BCUT2D eigenvalue weighted by atomic mass is 10.0. The highest BCUT2D eigenvalue weighted by Gasteiger charge is 2.40. The Bertz CT molecular complexity index is 1610. The van der Waals surface area contributed by atoms with Gasteiger partial charge in [0.15, 0.2) is 11.6 Å². The summed E-state index contributed by atoms with van der Waals surface area (Å²) < 4.78 is 16.3. The third kappa shape index (κ3) is 5.60. The predicted octanol–water partition coefficient (Wildman–Crippen LogP) is 3.95. The first-order valence-electron chi connectivity index (χ1n) is 12.7. The van der Waals surface area contributed by atoms with Gasteiger partial charge in [0.1, 0.15) is 34.9 Å². The number of anilines is 1. The van der Waals surface area contributed by atoms with Crippen molar-refractivity contribution in [2.45, 2.75) is 51.9 Å². The molecule has 0 saturated carbocycles. The summed E-state index contributed by atoms with van der Waals surface area (Å²) >= 11 is 3.19. The number of carbonyl (C=O) groups is 3. The number of fused-ring (bicyclic) bond motifs is 1. The van der Waals surface area contributed by atoms with E-state index < -0.39 is 24.0 Å². The van der Waals surface area contributed by atoms with Crippen LogP contribution in [0.1, 0.15) is 49.4 Å². The Labute approximate surface area is 237 Å². The van der Waals surface area contributed by atoms with Crippen LogP contribution in [0, 0.1) is 0 Å². The number of alkyl halides is 1. The van der Waals surface area contributed by atoms with E-state index in [0.717, 1.165) is 17.0 Å². The number of nitrogens with one attached hydrogen (secondary N) is 1. The molecule has 0 unspecified atom stereocenters. The molecule has 1 fully saturated rings. The van der Waals surface area contributed by atoms with Gasteiger partial charge < -0.3 is 10.2 Å². The van der Waals surface area contributed by atoms with E-state index in [1.807, 2.05) is 26.0 Å². The van der Waals surface area contributed by atoms with Gasteiger partial charge in [0.25, 0.3) is 0 Å². The summed E-state index contributed by atoms with van der Waals surface area (Å²) in [5.41, 5.74) is 2.34. The number of hydrogen-bond acceptors (Lipinski definition) is 8. The van der Waals surface area contributed by atoms with Gasteiger partial charge in [-0.3, -0.25) is 24.0 Å². The summed E-state index contributed by atoms with van der Waals surface area (Å²) in [7, 11) is 0. The minimum Gasteiger partial charge on any atom is -0.326 e. The Morgan fingerprint density at radius 1 is 1.12 bits per heavy atom. The van der Waals surface area contributed by atoms with Gasteiger partial charge in [-0.1, -0.05) is 19.9 Å². The SMILES string of the molecule is CC(=O)c1nn(CC(=O)N2C[C@H](F)C[C@H]2C(=O)Nc2cncc(Br)n2)c2ccc(-c3cnc(C(C)C)nc3)cc12. The number of nitrogens with zero attached hydrogens (tertiary/aromatic N) is 7. The lowest BCUT2D eigenvalue weighted by molar-refractivity contribution is -0.137. The lowest BCUT2D eigenvalue weighted by Gasteiger charge is -2.23. The first-order chi connectivity index (χ1) is 19.1. The first kappa shape index (κ1) is 27.4. The number of aromatic nitrogens is 6. The molecule has 1 aromatic carbocycles. The predicted molar refractivity (Wildman–Crippen MR) is 148 cm³/mol. The number of rotatable bonds is 7. The summed E-state index contributed by atoms with van der Waals surface area (Å²) in [6, 6.07) is 4.39. The number of ketones is 1. The average molecular weight is 609 g/mol. The maximum atomic E-state index is 14.4. The van der Waals surface area contributed by atoms with Crippen LogP contribution in [0.2, 0.25) is 0 Å². The standard InChI is InChI=1S/C27H26BrFN8O3/c1-14(2)26-31-8-17(9-32-26)16-4-5-20-19(6-16)25(15(3)38)35-37(20)13-24(39)36-12-18(29)7-21(36)27(40)34-23-11-30-10-22(28)33-23/h4-6,8-11,14,18,21H,7,12-13H2,1-3H3,(H,33,34,40)/t18-,21+/m1/s1. The molecular weight excluding hydrogens is 583 g/mol. The minimum absolute atomic E-state index is 0.140. The van der Waals surface area contributed by atoms with Crippen LogP contribution in [0.15, 0.2) is 47.6 Å². The molecule has 2 amide bonds. The summed E-state index contributed by atoms with van der Waals surface area (Å²) in [5, 5.41) is 7.57. The molecule has 0 aliphatic carbocycles. The third-order valence-electron chi connectivity index (χ3n) is 6.62. The zero-order valence-corrected chi connectivity index (χ0v) is 23.6. The van der Waals surface area contributed by atoms with Crippen molar-refractivity contribution >= 4 is 50.2 Å². The molecule has 1 N–H and O–H groups in total. The highest BCUT2D eigenvalue weighted by molar-refractivity contribution is 9.10. The quantitative estimate of drug-likeness (QED) is 0.311. The van der Waals surface area contributed by atoms with E-state index in [1.165, 1.54) is 28.9 Å². The van der Waals surface area contributed by atoms with Crippen molar-refractivity contribution in [3.05, 3.63) is 59.1 Å². The van der Waals surface area contributed by atoms with Crippen LogP contribution in [0.4, 0.5) is 10.2 Å². The molecule has 11 nitrogen and oxygen atoms in total. The van der Waals surface area contributed by atoms with Crippen LogP contribution >= 0.6 is 15.9 Å². The fraction of sp³-hybridized carbons (Fsp3) is 0.333. The Balaban J connectivity index is 1.40. The largest absolute Gasteiger partial charge is 0.326 e.